The fourth-order valence-electron chi connectivity index (χ4n) is 2.18. The van der Waals surface area contributed by atoms with Crippen molar-refractivity contribution in [3.8, 4) is 0 Å². The van der Waals surface area contributed by atoms with E-state index >= 15 is 0 Å². The zero-order valence-electron chi connectivity index (χ0n) is 11.6. The Balaban J connectivity index is 1.91. The van der Waals surface area contributed by atoms with E-state index in [0.29, 0.717) is 10.6 Å². The monoisotopic (exact) mass is 297 g/mol. The van der Waals surface area contributed by atoms with Crippen LogP contribution in [0.4, 0.5) is 11.4 Å². The molecular weight excluding hydrogens is 282 g/mol. The summed E-state index contributed by atoms with van der Waals surface area (Å²) in [7, 11) is 0. The normalized spacial score (nSPS) is 10.7. The SMILES string of the molecule is CCc1cccc(NC(=O)c2sc3ncccc3c2N)c1. The summed E-state index contributed by atoms with van der Waals surface area (Å²) in [5, 5.41) is 3.73. The van der Waals surface area contributed by atoms with E-state index in [2.05, 4.69) is 17.2 Å². The molecule has 0 radical (unpaired) electrons. The molecule has 0 bridgehead atoms. The fourth-order valence-corrected chi connectivity index (χ4v) is 3.14. The number of benzene rings is 1. The molecule has 0 fully saturated rings. The van der Waals surface area contributed by atoms with Crippen molar-refractivity contribution in [2.45, 2.75) is 13.3 Å². The number of nitrogens with one attached hydrogen (secondary N) is 1. The molecule has 1 aromatic carbocycles. The molecule has 2 aromatic heterocycles. The molecule has 0 saturated heterocycles. The van der Waals surface area contributed by atoms with Crippen LogP contribution in [-0.2, 0) is 6.42 Å². The molecule has 3 aromatic rings. The first-order chi connectivity index (χ1) is 10.2. The molecule has 21 heavy (non-hydrogen) atoms. The molecule has 0 atom stereocenters. The number of carbonyl (C=O) groups excluding carboxylic acids is 1. The molecule has 4 nitrogen and oxygen atoms in total. The molecule has 2 heterocycles. The molecule has 0 saturated carbocycles. The number of anilines is 2. The van der Waals surface area contributed by atoms with Crippen LogP contribution in [0.5, 0.6) is 0 Å². The quantitative estimate of drug-likeness (QED) is 0.774. The number of nitrogens with two attached hydrogens (primary N) is 1. The lowest BCUT2D eigenvalue weighted by atomic mass is 10.1. The summed E-state index contributed by atoms with van der Waals surface area (Å²) in [6.45, 7) is 2.08. The second-order valence-electron chi connectivity index (χ2n) is 4.71. The van der Waals surface area contributed by atoms with Crippen LogP contribution >= 0.6 is 11.3 Å². The van der Waals surface area contributed by atoms with E-state index in [0.717, 1.165) is 22.3 Å². The van der Waals surface area contributed by atoms with Crippen LogP contribution in [0.3, 0.4) is 0 Å². The van der Waals surface area contributed by atoms with Crippen LogP contribution in [0.1, 0.15) is 22.2 Å². The van der Waals surface area contributed by atoms with Gasteiger partial charge in [0.1, 0.15) is 9.71 Å². The van der Waals surface area contributed by atoms with Crippen molar-refractivity contribution in [2.24, 2.45) is 0 Å². The molecule has 0 aliphatic rings. The van der Waals surface area contributed by atoms with Crippen LogP contribution in [0.2, 0.25) is 0 Å². The fraction of sp³-hybridized carbons (Fsp3) is 0.125. The highest BCUT2D eigenvalue weighted by Gasteiger charge is 2.16. The van der Waals surface area contributed by atoms with Gasteiger partial charge in [-0.1, -0.05) is 19.1 Å². The highest BCUT2D eigenvalue weighted by molar-refractivity contribution is 7.21. The van der Waals surface area contributed by atoms with Gasteiger partial charge >= 0.3 is 0 Å². The van der Waals surface area contributed by atoms with Crippen molar-refractivity contribution in [2.75, 3.05) is 11.1 Å². The van der Waals surface area contributed by atoms with Crippen molar-refractivity contribution in [1.82, 2.24) is 4.98 Å². The summed E-state index contributed by atoms with van der Waals surface area (Å²) in [5.74, 6) is -0.191. The molecule has 0 unspecified atom stereocenters. The average Bonchev–Trinajstić information content (AvgIpc) is 2.85. The second kappa shape index (κ2) is 5.54. The lowest BCUT2D eigenvalue weighted by Gasteiger charge is -2.06. The van der Waals surface area contributed by atoms with Gasteiger partial charge in [-0.05, 0) is 36.2 Å². The third kappa shape index (κ3) is 2.60. The number of hydrogen-bond acceptors (Lipinski definition) is 4. The van der Waals surface area contributed by atoms with Gasteiger partial charge < -0.3 is 11.1 Å². The van der Waals surface area contributed by atoms with E-state index in [4.69, 9.17) is 5.73 Å². The zero-order chi connectivity index (χ0) is 14.8. The number of thiophene rings is 1. The van der Waals surface area contributed by atoms with Gasteiger partial charge in [0.2, 0.25) is 0 Å². The van der Waals surface area contributed by atoms with Gasteiger partial charge in [0.05, 0.1) is 5.69 Å². The summed E-state index contributed by atoms with van der Waals surface area (Å²) in [4.78, 5) is 17.9. The second-order valence-corrected chi connectivity index (χ2v) is 5.71. The van der Waals surface area contributed by atoms with E-state index in [1.807, 2.05) is 36.4 Å². The standard InChI is InChI=1S/C16H15N3OS/c1-2-10-5-3-6-11(9-10)19-15(20)14-13(17)12-7-4-8-18-16(12)21-14/h3-9H,2,17H2,1H3,(H,19,20). The number of aryl methyl sites for hydroxylation is 1. The van der Waals surface area contributed by atoms with Gasteiger partial charge in [0, 0.05) is 17.3 Å². The Bertz CT molecular complexity index is 810. The minimum Gasteiger partial charge on any atom is -0.397 e. The van der Waals surface area contributed by atoms with Crippen LogP contribution in [0.25, 0.3) is 10.2 Å². The van der Waals surface area contributed by atoms with Crippen LogP contribution in [0.15, 0.2) is 42.6 Å². The van der Waals surface area contributed by atoms with E-state index in [9.17, 15) is 4.79 Å². The molecule has 1 amide bonds. The number of pyridine rings is 1. The molecule has 0 aliphatic carbocycles. The number of nitrogen functional groups attached to an aromatic ring is 1. The number of nitrogens with zero attached hydrogens (tertiary/aromatic N) is 1. The van der Waals surface area contributed by atoms with Gasteiger partial charge in [-0.3, -0.25) is 4.79 Å². The summed E-state index contributed by atoms with van der Waals surface area (Å²) in [6.07, 6.45) is 2.63. The highest BCUT2D eigenvalue weighted by atomic mass is 32.1. The molecule has 106 valence electrons. The smallest absolute Gasteiger partial charge is 0.267 e. The van der Waals surface area contributed by atoms with Crippen molar-refractivity contribution < 1.29 is 4.79 Å². The Morgan fingerprint density at radius 1 is 1.33 bits per heavy atom. The summed E-state index contributed by atoms with van der Waals surface area (Å²) >= 11 is 1.31. The van der Waals surface area contributed by atoms with Crippen LogP contribution < -0.4 is 11.1 Å². The minimum absolute atomic E-state index is 0.191. The first kappa shape index (κ1) is 13.6. The van der Waals surface area contributed by atoms with E-state index in [-0.39, 0.29) is 5.91 Å². The number of carbonyl (C=O) groups is 1. The maximum absolute atomic E-state index is 12.4. The number of hydrogen-bond donors (Lipinski definition) is 2. The van der Waals surface area contributed by atoms with Gasteiger partial charge in [-0.2, -0.15) is 0 Å². The van der Waals surface area contributed by atoms with Crippen LogP contribution in [-0.4, -0.2) is 10.9 Å². The Kier molecular flexibility index (Phi) is 3.58. The zero-order valence-corrected chi connectivity index (χ0v) is 12.4. The van der Waals surface area contributed by atoms with Crippen molar-refractivity contribution in [3.63, 3.8) is 0 Å². The van der Waals surface area contributed by atoms with Gasteiger partial charge in [-0.15, -0.1) is 11.3 Å². The first-order valence-corrected chi connectivity index (χ1v) is 7.54. The first-order valence-electron chi connectivity index (χ1n) is 6.72. The highest BCUT2D eigenvalue weighted by Crippen LogP contribution is 2.32. The Labute approximate surface area is 126 Å². The Morgan fingerprint density at radius 2 is 2.19 bits per heavy atom. The van der Waals surface area contributed by atoms with E-state index < -0.39 is 0 Å². The number of aromatic nitrogens is 1. The molecule has 0 spiro atoms. The predicted molar refractivity (Wildman–Crippen MR) is 87.8 cm³/mol. The number of fused-ring (bicyclic) bond motifs is 1. The molecule has 0 aliphatic heterocycles. The molecular formula is C16H15N3OS. The molecule has 5 heteroatoms. The van der Waals surface area contributed by atoms with Crippen LogP contribution in [0, 0.1) is 0 Å². The minimum atomic E-state index is -0.191. The van der Waals surface area contributed by atoms with E-state index in [1.165, 1.54) is 16.9 Å². The summed E-state index contributed by atoms with van der Waals surface area (Å²) in [5.41, 5.74) is 8.51. The summed E-state index contributed by atoms with van der Waals surface area (Å²) in [6, 6.07) is 11.5. The third-order valence-corrected chi connectivity index (χ3v) is 4.43. The van der Waals surface area contributed by atoms with Gasteiger partial charge in [-0.25, -0.2) is 4.98 Å². The topological polar surface area (TPSA) is 68.0 Å². The third-order valence-electron chi connectivity index (χ3n) is 3.30. The number of amides is 1. The summed E-state index contributed by atoms with van der Waals surface area (Å²) < 4.78 is 0. The van der Waals surface area contributed by atoms with Gasteiger partial charge in [0.15, 0.2) is 0 Å². The largest absolute Gasteiger partial charge is 0.397 e. The lowest BCUT2D eigenvalue weighted by molar-refractivity contribution is 0.103. The van der Waals surface area contributed by atoms with Crippen molar-refractivity contribution in [3.05, 3.63) is 53.0 Å². The molecule has 3 N–H and O–H groups in total. The average molecular weight is 297 g/mol. The Morgan fingerprint density at radius 3 is 2.95 bits per heavy atom. The van der Waals surface area contributed by atoms with Gasteiger partial charge in [0.25, 0.3) is 5.91 Å². The number of rotatable bonds is 3. The van der Waals surface area contributed by atoms with E-state index in [1.54, 1.807) is 6.20 Å². The maximum atomic E-state index is 12.4. The predicted octanol–water partition coefficient (Wildman–Crippen LogP) is 3.69. The van der Waals surface area contributed by atoms with Crippen molar-refractivity contribution in [1.29, 1.82) is 0 Å². The lowest BCUT2D eigenvalue weighted by Crippen LogP contribution is -2.12. The Hall–Kier alpha value is -2.40. The van der Waals surface area contributed by atoms with Crippen molar-refractivity contribution >= 4 is 38.8 Å². The maximum Gasteiger partial charge on any atom is 0.267 e. The molecule has 3 rings (SSSR count).